The number of Topliss-reactive ketones (excluding diaryl/α,β-unsaturated/α-hetero) is 1. The third-order valence-corrected chi connectivity index (χ3v) is 4.96. The number of carbonyl (C=O) groups is 1. The first kappa shape index (κ1) is 23.4. The van der Waals surface area contributed by atoms with Crippen LogP contribution in [0.5, 0.6) is 0 Å². The smallest absolute Gasteiger partial charge is 0.135 e. The van der Waals surface area contributed by atoms with Crippen LogP contribution in [0.3, 0.4) is 0 Å². The standard InChI is InChI=1S/C23H44O/c1-4-6-7-8-9-10-11-12-13-14-15-16-17-18-19-21-23(24)22(3)20-5-2/h10-11,22H,4-9,12-21H2,1-3H3/b11-10+. The van der Waals surface area contributed by atoms with Crippen molar-refractivity contribution in [1.82, 2.24) is 0 Å². The Morgan fingerprint density at radius 2 is 1.21 bits per heavy atom. The quantitative estimate of drug-likeness (QED) is 0.183. The molecule has 0 saturated heterocycles. The highest BCUT2D eigenvalue weighted by molar-refractivity contribution is 5.80. The van der Waals surface area contributed by atoms with Gasteiger partial charge >= 0.3 is 0 Å². The van der Waals surface area contributed by atoms with Crippen molar-refractivity contribution in [3.8, 4) is 0 Å². The molecular weight excluding hydrogens is 292 g/mol. The fourth-order valence-electron chi connectivity index (χ4n) is 3.21. The molecule has 24 heavy (non-hydrogen) atoms. The maximum Gasteiger partial charge on any atom is 0.135 e. The van der Waals surface area contributed by atoms with Crippen molar-refractivity contribution >= 4 is 5.78 Å². The maximum absolute atomic E-state index is 11.9. The van der Waals surface area contributed by atoms with Crippen molar-refractivity contribution in [2.45, 2.75) is 124 Å². The molecule has 0 aliphatic carbocycles. The third kappa shape index (κ3) is 16.3. The van der Waals surface area contributed by atoms with E-state index < -0.39 is 0 Å². The average molecular weight is 337 g/mol. The lowest BCUT2D eigenvalue weighted by molar-refractivity contribution is -0.122. The van der Waals surface area contributed by atoms with Crippen LogP contribution in [0, 0.1) is 5.92 Å². The molecule has 1 nitrogen and oxygen atoms in total. The van der Waals surface area contributed by atoms with Crippen LogP contribution in [0.4, 0.5) is 0 Å². The zero-order valence-electron chi connectivity index (χ0n) is 17.0. The Hall–Kier alpha value is -0.590. The van der Waals surface area contributed by atoms with Crippen LogP contribution in [-0.2, 0) is 4.79 Å². The van der Waals surface area contributed by atoms with Gasteiger partial charge in [0.25, 0.3) is 0 Å². The zero-order valence-corrected chi connectivity index (χ0v) is 17.0. The van der Waals surface area contributed by atoms with E-state index in [4.69, 9.17) is 0 Å². The number of rotatable bonds is 18. The zero-order chi connectivity index (χ0) is 17.9. The first-order valence-electron chi connectivity index (χ1n) is 10.9. The molecule has 0 radical (unpaired) electrons. The van der Waals surface area contributed by atoms with E-state index in [1.807, 2.05) is 0 Å². The summed E-state index contributed by atoms with van der Waals surface area (Å²) in [6, 6.07) is 0. The highest BCUT2D eigenvalue weighted by Gasteiger charge is 2.10. The van der Waals surface area contributed by atoms with E-state index in [1.165, 1.54) is 77.0 Å². The molecular formula is C23H44O. The second-order valence-corrected chi connectivity index (χ2v) is 7.49. The van der Waals surface area contributed by atoms with Crippen LogP contribution in [0.15, 0.2) is 12.2 Å². The van der Waals surface area contributed by atoms with Gasteiger partial charge in [-0.15, -0.1) is 0 Å². The van der Waals surface area contributed by atoms with Crippen LogP contribution in [-0.4, -0.2) is 5.78 Å². The van der Waals surface area contributed by atoms with Crippen LogP contribution in [0.25, 0.3) is 0 Å². The lowest BCUT2D eigenvalue weighted by Crippen LogP contribution is -2.10. The van der Waals surface area contributed by atoms with E-state index in [-0.39, 0.29) is 5.92 Å². The summed E-state index contributed by atoms with van der Waals surface area (Å²) in [5.74, 6) is 0.771. The van der Waals surface area contributed by atoms with Gasteiger partial charge in [-0.05, 0) is 38.5 Å². The second-order valence-electron chi connectivity index (χ2n) is 7.49. The minimum Gasteiger partial charge on any atom is -0.299 e. The molecule has 0 aliphatic rings. The van der Waals surface area contributed by atoms with E-state index in [2.05, 4.69) is 32.9 Å². The Morgan fingerprint density at radius 3 is 1.75 bits per heavy atom. The van der Waals surface area contributed by atoms with E-state index in [1.54, 1.807) is 0 Å². The van der Waals surface area contributed by atoms with Crippen molar-refractivity contribution < 1.29 is 4.79 Å². The molecule has 0 saturated carbocycles. The summed E-state index contributed by atoms with van der Waals surface area (Å²) in [5.41, 5.74) is 0. The van der Waals surface area contributed by atoms with Gasteiger partial charge in [-0.3, -0.25) is 4.79 Å². The van der Waals surface area contributed by atoms with Gasteiger partial charge in [0.1, 0.15) is 5.78 Å². The summed E-state index contributed by atoms with van der Waals surface area (Å²) in [6.45, 7) is 6.52. The summed E-state index contributed by atoms with van der Waals surface area (Å²) >= 11 is 0. The highest BCUT2D eigenvalue weighted by atomic mass is 16.1. The van der Waals surface area contributed by atoms with Gasteiger partial charge in [-0.2, -0.15) is 0 Å². The molecule has 0 N–H and O–H groups in total. The molecule has 1 unspecified atom stereocenters. The van der Waals surface area contributed by atoms with Gasteiger partial charge in [0.15, 0.2) is 0 Å². The van der Waals surface area contributed by atoms with Crippen molar-refractivity contribution in [3.63, 3.8) is 0 Å². The Balaban J connectivity index is 3.23. The monoisotopic (exact) mass is 336 g/mol. The van der Waals surface area contributed by atoms with Gasteiger partial charge in [0.05, 0.1) is 0 Å². The Morgan fingerprint density at radius 1 is 0.708 bits per heavy atom. The van der Waals surface area contributed by atoms with E-state index >= 15 is 0 Å². The normalized spacial score (nSPS) is 12.8. The predicted octanol–water partition coefficient (Wildman–Crippen LogP) is 8.03. The average Bonchev–Trinajstić information content (AvgIpc) is 2.58. The first-order valence-corrected chi connectivity index (χ1v) is 10.9. The summed E-state index contributed by atoms with van der Waals surface area (Å²) < 4.78 is 0. The lowest BCUT2D eigenvalue weighted by Gasteiger charge is -2.08. The number of hydrogen-bond donors (Lipinski definition) is 0. The Bertz CT molecular complexity index is 292. The molecule has 0 fully saturated rings. The van der Waals surface area contributed by atoms with Crippen LogP contribution in [0.1, 0.15) is 124 Å². The summed E-state index contributed by atoms with van der Waals surface area (Å²) in [5, 5.41) is 0. The maximum atomic E-state index is 11.9. The van der Waals surface area contributed by atoms with E-state index in [0.717, 1.165) is 25.7 Å². The highest BCUT2D eigenvalue weighted by Crippen LogP contribution is 2.14. The number of carbonyl (C=O) groups excluding carboxylic acids is 1. The second kappa shape index (κ2) is 18.7. The minimum atomic E-state index is 0.287. The van der Waals surface area contributed by atoms with E-state index in [9.17, 15) is 4.79 Å². The largest absolute Gasteiger partial charge is 0.299 e. The fourth-order valence-corrected chi connectivity index (χ4v) is 3.21. The predicted molar refractivity (Wildman–Crippen MR) is 109 cm³/mol. The molecule has 1 heteroatoms. The number of allylic oxidation sites excluding steroid dienone is 2. The summed E-state index contributed by atoms with van der Waals surface area (Å²) in [7, 11) is 0. The number of unbranched alkanes of at least 4 members (excludes halogenated alkanes) is 11. The Kier molecular flexibility index (Phi) is 18.3. The summed E-state index contributed by atoms with van der Waals surface area (Å²) in [4.78, 5) is 11.9. The third-order valence-electron chi connectivity index (χ3n) is 4.96. The van der Waals surface area contributed by atoms with Crippen LogP contribution >= 0.6 is 0 Å². The van der Waals surface area contributed by atoms with Gasteiger partial charge in [0.2, 0.25) is 0 Å². The van der Waals surface area contributed by atoms with Gasteiger partial charge in [-0.25, -0.2) is 0 Å². The van der Waals surface area contributed by atoms with Gasteiger partial charge in [0, 0.05) is 12.3 Å². The molecule has 1 atom stereocenters. The topological polar surface area (TPSA) is 17.1 Å². The molecule has 0 aromatic rings. The van der Waals surface area contributed by atoms with Crippen molar-refractivity contribution in [2.75, 3.05) is 0 Å². The SMILES string of the molecule is CCCCCC/C=C/CCCCCCCCCC(=O)C(C)CCC. The molecule has 0 bridgehead atoms. The fraction of sp³-hybridized carbons (Fsp3) is 0.870. The minimum absolute atomic E-state index is 0.287. The molecule has 0 heterocycles. The number of hydrogen-bond acceptors (Lipinski definition) is 1. The van der Waals surface area contributed by atoms with Crippen molar-refractivity contribution in [3.05, 3.63) is 12.2 Å². The molecule has 0 aliphatic heterocycles. The molecule has 0 spiro atoms. The molecule has 142 valence electrons. The van der Waals surface area contributed by atoms with Crippen molar-refractivity contribution in [2.24, 2.45) is 5.92 Å². The van der Waals surface area contributed by atoms with Crippen LogP contribution < -0.4 is 0 Å². The summed E-state index contributed by atoms with van der Waals surface area (Å²) in [6.07, 6.45) is 24.9. The van der Waals surface area contributed by atoms with Crippen molar-refractivity contribution in [1.29, 1.82) is 0 Å². The van der Waals surface area contributed by atoms with E-state index in [0.29, 0.717) is 5.78 Å². The first-order chi connectivity index (χ1) is 11.7. The molecule has 0 aromatic carbocycles. The number of ketones is 1. The van der Waals surface area contributed by atoms with Crippen LogP contribution in [0.2, 0.25) is 0 Å². The molecule has 0 amide bonds. The molecule has 0 rings (SSSR count). The molecule has 0 aromatic heterocycles. The van der Waals surface area contributed by atoms with Gasteiger partial charge < -0.3 is 0 Å². The van der Waals surface area contributed by atoms with Gasteiger partial charge in [-0.1, -0.05) is 90.7 Å². The Labute approximate surface area is 152 Å². The lowest BCUT2D eigenvalue weighted by atomic mass is 9.96.